The molecule has 0 atom stereocenters. The van der Waals surface area contributed by atoms with Gasteiger partial charge in [0, 0.05) is 23.2 Å². The number of amides is 2. The van der Waals surface area contributed by atoms with Gasteiger partial charge in [-0.2, -0.15) is 0 Å². The Hall–Kier alpha value is -3.71. The van der Waals surface area contributed by atoms with Crippen LogP contribution >= 0.6 is 11.6 Å². The van der Waals surface area contributed by atoms with Crippen LogP contribution in [0.25, 0.3) is 0 Å². The normalized spacial score (nSPS) is 10.2. The summed E-state index contributed by atoms with van der Waals surface area (Å²) in [5, 5.41) is 16.5. The summed E-state index contributed by atoms with van der Waals surface area (Å²) in [5.41, 5.74) is 2.47. The molecule has 0 unspecified atom stereocenters. The maximum absolute atomic E-state index is 12.6. The zero-order valence-corrected chi connectivity index (χ0v) is 17.0. The van der Waals surface area contributed by atoms with E-state index in [1.54, 1.807) is 67.6 Å². The predicted octanol–water partition coefficient (Wildman–Crippen LogP) is 4.69. The van der Waals surface area contributed by atoms with Crippen molar-refractivity contribution in [1.82, 2.24) is 4.98 Å². The Kier molecular flexibility index (Phi) is 6.77. The van der Waals surface area contributed by atoms with Crippen molar-refractivity contribution in [3.8, 4) is 0 Å². The fraction of sp³-hybridized carbons (Fsp3) is 0.0909. The number of pyridine rings is 1. The van der Waals surface area contributed by atoms with E-state index in [0.29, 0.717) is 39.9 Å². The highest BCUT2D eigenvalue weighted by molar-refractivity contribution is 6.30. The van der Waals surface area contributed by atoms with Gasteiger partial charge in [-0.25, -0.2) is 4.98 Å². The summed E-state index contributed by atoms with van der Waals surface area (Å²) in [7, 11) is 0. The molecule has 4 N–H and O–H groups in total. The second-order valence-corrected chi connectivity index (χ2v) is 6.96. The lowest BCUT2D eigenvalue weighted by Gasteiger charge is -2.12. The molecule has 8 heteroatoms. The number of benzene rings is 2. The largest absolute Gasteiger partial charge is 0.380 e. The number of aromatic nitrogens is 1. The van der Waals surface area contributed by atoms with Gasteiger partial charge in [0.15, 0.2) is 0 Å². The molecule has 0 aliphatic carbocycles. The summed E-state index contributed by atoms with van der Waals surface area (Å²) in [4.78, 5) is 29.3. The summed E-state index contributed by atoms with van der Waals surface area (Å²) >= 11 is 5.81. The van der Waals surface area contributed by atoms with E-state index >= 15 is 0 Å². The van der Waals surface area contributed by atoms with E-state index in [4.69, 9.17) is 17.0 Å². The lowest BCUT2D eigenvalue weighted by molar-refractivity contribution is 0.102. The van der Waals surface area contributed by atoms with Crippen LogP contribution in [0.15, 0.2) is 66.9 Å². The molecule has 2 amide bonds. The second-order valence-electron chi connectivity index (χ2n) is 6.53. The van der Waals surface area contributed by atoms with Crippen LogP contribution in [0.2, 0.25) is 5.02 Å². The number of carbonyl (C=O) groups is 2. The molecule has 30 heavy (non-hydrogen) atoms. The van der Waals surface area contributed by atoms with E-state index in [2.05, 4.69) is 20.9 Å². The number of hydrogen-bond donors (Lipinski definition) is 4. The number of carbonyl (C=O) groups excluding carboxylic acids is 2. The molecule has 0 saturated carbocycles. The molecule has 3 rings (SSSR count). The molecular weight excluding hydrogens is 402 g/mol. The number of nitrogens with zero attached hydrogens (tertiary/aromatic N) is 1. The van der Waals surface area contributed by atoms with E-state index in [1.165, 1.54) is 6.20 Å². The van der Waals surface area contributed by atoms with Crippen molar-refractivity contribution in [2.75, 3.05) is 22.5 Å². The van der Waals surface area contributed by atoms with Crippen LogP contribution in [0.1, 0.15) is 27.6 Å². The Morgan fingerprint density at radius 2 is 1.70 bits per heavy atom. The van der Waals surface area contributed by atoms with Gasteiger partial charge in [0.1, 0.15) is 5.82 Å². The monoisotopic (exact) mass is 421 g/mol. The average molecular weight is 422 g/mol. The lowest BCUT2D eigenvalue weighted by atomic mass is 10.1. The van der Waals surface area contributed by atoms with Crippen LogP contribution in [0.5, 0.6) is 0 Å². The van der Waals surface area contributed by atoms with Crippen LogP contribution in [-0.4, -0.2) is 29.1 Å². The molecule has 2 aromatic carbocycles. The maximum Gasteiger partial charge on any atom is 0.258 e. The topological polar surface area (TPSA) is 107 Å². The van der Waals surface area contributed by atoms with Gasteiger partial charge >= 0.3 is 0 Å². The van der Waals surface area contributed by atoms with Gasteiger partial charge < -0.3 is 21.4 Å². The highest BCUT2D eigenvalue weighted by Crippen LogP contribution is 2.19. The maximum atomic E-state index is 12.6. The third kappa shape index (κ3) is 5.65. The summed E-state index contributed by atoms with van der Waals surface area (Å²) in [6.45, 7) is 2.15. The first-order valence-electron chi connectivity index (χ1n) is 9.13. The zero-order chi connectivity index (χ0) is 21.5. The fourth-order valence-electron chi connectivity index (χ4n) is 2.59. The first kappa shape index (κ1) is 21.0. The third-order valence-electron chi connectivity index (χ3n) is 4.09. The highest BCUT2D eigenvalue weighted by Gasteiger charge is 2.15. The van der Waals surface area contributed by atoms with Crippen molar-refractivity contribution in [2.24, 2.45) is 0 Å². The molecule has 0 fully saturated rings. The second kappa shape index (κ2) is 9.67. The van der Waals surface area contributed by atoms with E-state index in [0.717, 1.165) is 5.69 Å². The van der Waals surface area contributed by atoms with Crippen LogP contribution < -0.4 is 16.0 Å². The minimum Gasteiger partial charge on any atom is -0.380 e. The minimum atomic E-state index is -0.401. The Morgan fingerprint density at radius 3 is 2.37 bits per heavy atom. The van der Waals surface area contributed by atoms with Gasteiger partial charge in [0.2, 0.25) is 0 Å². The smallest absolute Gasteiger partial charge is 0.258 e. The Morgan fingerprint density at radius 1 is 0.967 bits per heavy atom. The molecule has 1 heterocycles. The number of nitrogens with one attached hydrogen (secondary N) is 4. The predicted molar refractivity (Wildman–Crippen MR) is 120 cm³/mol. The molecular formula is C22H20ClN5O2. The van der Waals surface area contributed by atoms with Crippen molar-refractivity contribution in [3.05, 3.63) is 83.0 Å². The molecule has 7 nitrogen and oxygen atoms in total. The Labute approximate surface area is 179 Å². The van der Waals surface area contributed by atoms with Gasteiger partial charge in [0.25, 0.3) is 11.8 Å². The molecule has 0 radical (unpaired) electrons. The molecule has 3 aromatic rings. The molecule has 0 aliphatic heterocycles. The fourth-order valence-corrected chi connectivity index (χ4v) is 2.70. The standard InChI is InChI=1S/C22H20ClN5O2/c1-14(24)12-25-17-9-6-15(7-10-17)21(29)27-19-5-3-2-4-18(19)22(30)28-20-11-8-16(23)13-26-20/h2-11,13,24-25H,12H2,1H3,(H,27,29)(H,26,28,30). The van der Waals surface area contributed by atoms with Crippen LogP contribution in [0, 0.1) is 5.41 Å². The lowest BCUT2D eigenvalue weighted by Crippen LogP contribution is -2.18. The van der Waals surface area contributed by atoms with Crippen LogP contribution in [-0.2, 0) is 0 Å². The number of halogens is 1. The Bertz CT molecular complexity index is 1070. The summed E-state index contributed by atoms with van der Waals surface area (Å²) in [5.74, 6) is -0.384. The van der Waals surface area contributed by atoms with Gasteiger partial charge in [-0.15, -0.1) is 0 Å². The zero-order valence-electron chi connectivity index (χ0n) is 16.2. The molecule has 0 aliphatic rings. The quantitative estimate of drug-likeness (QED) is 0.415. The van der Waals surface area contributed by atoms with E-state index in [1.807, 2.05) is 0 Å². The minimum absolute atomic E-state index is 0.308. The first-order chi connectivity index (χ1) is 14.4. The number of rotatable bonds is 7. The number of para-hydroxylation sites is 1. The molecule has 0 bridgehead atoms. The molecule has 1 aromatic heterocycles. The third-order valence-corrected chi connectivity index (χ3v) is 4.32. The molecule has 0 spiro atoms. The van der Waals surface area contributed by atoms with Gasteiger partial charge in [0.05, 0.1) is 22.8 Å². The van der Waals surface area contributed by atoms with Crippen molar-refractivity contribution in [3.63, 3.8) is 0 Å². The van der Waals surface area contributed by atoms with Gasteiger partial charge in [-0.05, 0) is 55.5 Å². The van der Waals surface area contributed by atoms with Crippen LogP contribution in [0.3, 0.4) is 0 Å². The van der Waals surface area contributed by atoms with Crippen molar-refractivity contribution >= 4 is 46.3 Å². The van der Waals surface area contributed by atoms with Gasteiger partial charge in [-0.1, -0.05) is 23.7 Å². The molecule has 152 valence electrons. The van der Waals surface area contributed by atoms with E-state index in [9.17, 15) is 9.59 Å². The average Bonchev–Trinajstić information content (AvgIpc) is 2.74. The Balaban J connectivity index is 1.70. The summed E-state index contributed by atoms with van der Waals surface area (Å²) in [6, 6.07) is 16.8. The molecule has 0 saturated heterocycles. The van der Waals surface area contributed by atoms with E-state index < -0.39 is 5.91 Å². The van der Waals surface area contributed by atoms with Gasteiger partial charge in [-0.3, -0.25) is 9.59 Å². The SMILES string of the molecule is CC(=N)CNc1ccc(C(=O)Nc2ccccc2C(=O)Nc2ccc(Cl)cn2)cc1. The summed E-state index contributed by atoms with van der Waals surface area (Å²) in [6.07, 6.45) is 1.44. The first-order valence-corrected chi connectivity index (χ1v) is 9.51. The van der Waals surface area contributed by atoms with Crippen molar-refractivity contribution in [1.29, 1.82) is 5.41 Å². The van der Waals surface area contributed by atoms with Crippen molar-refractivity contribution in [2.45, 2.75) is 6.92 Å². The summed E-state index contributed by atoms with van der Waals surface area (Å²) < 4.78 is 0. The number of hydrogen-bond acceptors (Lipinski definition) is 5. The van der Waals surface area contributed by atoms with E-state index in [-0.39, 0.29) is 5.91 Å². The van der Waals surface area contributed by atoms with Crippen LogP contribution in [0.4, 0.5) is 17.2 Å². The number of anilines is 3. The highest BCUT2D eigenvalue weighted by atomic mass is 35.5. The van der Waals surface area contributed by atoms with Crippen molar-refractivity contribution < 1.29 is 9.59 Å².